The van der Waals surface area contributed by atoms with Gasteiger partial charge in [-0.1, -0.05) is 23.8 Å². The Morgan fingerprint density at radius 3 is 2.35 bits per heavy atom. The summed E-state index contributed by atoms with van der Waals surface area (Å²) >= 11 is 5.77. The van der Waals surface area contributed by atoms with Crippen molar-refractivity contribution in [3.63, 3.8) is 0 Å². The van der Waals surface area contributed by atoms with Crippen molar-refractivity contribution in [3.8, 4) is 5.75 Å². The van der Waals surface area contributed by atoms with E-state index < -0.39 is 5.91 Å². The molecule has 6 rings (SSSR count). The molecule has 2 bridgehead atoms. The van der Waals surface area contributed by atoms with Crippen LogP contribution in [-0.4, -0.2) is 34.3 Å². The highest BCUT2D eigenvalue weighted by Crippen LogP contribution is 2.65. The van der Waals surface area contributed by atoms with Crippen LogP contribution in [0, 0.1) is 35.5 Å². The van der Waals surface area contributed by atoms with Gasteiger partial charge in [-0.2, -0.15) is 0 Å². The second-order valence-corrected chi connectivity index (χ2v) is 8.06. The zero-order valence-corrected chi connectivity index (χ0v) is 14.5. The molecule has 1 aliphatic heterocycles. The number of anilines is 1. The number of carbonyl (C=O) groups excluding carboxylic acids is 3. The lowest BCUT2D eigenvalue weighted by atomic mass is 9.63. The van der Waals surface area contributed by atoms with E-state index in [0.717, 1.165) is 11.3 Å². The lowest BCUT2D eigenvalue weighted by Crippen LogP contribution is -2.40. The summed E-state index contributed by atoms with van der Waals surface area (Å²) in [6.45, 7) is -0.332. The van der Waals surface area contributed by atoms with Gasteiger partial charge in [-0.05, 0) is 42.2 Å². The van der Waals surface area contributed by atoms with E-state index in [4.69, 9.17) is 11.6 Å². The van der Waals surface area contributed by atoms with Gasteiger partial charge in [0.2, 0.25) is 17.7 Å². The molecular weight excluding hydrogens is 356 g/mol. The van der Waals surface area contributed by atoms with E-state index in [1.165, 1.54) is 18.2 Å². The van der Waals surface area contributed by atoms with E-state index in [1.54, 1.807) is 0 Å². The molecule has 26 heavy (non-hydrogen) atoms. The van der Waals surface area contributed by atoms with E-state index >= 15 is 0 Å². The molecule has 7 heteroatoms. The average molecular weight is 373 g/mol. The predicted octanol–water partition coefficient (Wildman–Crippen LogP) is 2.04. The van der Waals surface area contributed by atoms with Gasteiger partial charge in [0.15, 0.2) is 0 Å². The number of nitrogens with zero attached hydrogens (tertiary/aromatic N) is 1. The minimum atomic E-state index is -0.520. The van der Waals surface area contributed by atoms with Gasteiger partial charge >= 0.3 is 0 Å². The van der Waals surface area contributed by atoms with Crippen LogP contribution in [0.2, 0.25) is 5.02 Å². The standard InChI is InChI=1S/C19H17ClN2O4/c20-8-1-4-13(14(23)5-8)21-15(24)7-22-18(25)16-9-2-3-10(12-6-11(9)12)17(16)19(22)26/h1-5,9-12,16-17,23H,6-7H2,(H,21,24)/t9-,10-,11-,12-,16-,17+/m0/s1. The number of phenolic OH excluding ortho intramolecular Hbond substituents is 1. The number of hydrogen-bond acceptors (Lipinski definition) is 4. The normalized spacial score (nSPS) is 36.1. The molecule has 1 aromatic rings. The maximum atomic E-state index is 12.8. The number of rotatable bonds is 3. The van der Waals surface area contributed by atoms with Gasteiger partial charge in [-0.25, -0.2) is 0 Å². The molecule has 5 aliphatic rings. The molecule has 2 N–H and O–H groups in total. The fourth-order valence-corrected chi connectivity index (χ4v) is 5.28. The molecule has 1 aromatic carbocycles. The Morgan fingerprint density at radius 2 is 1.77 bits per heavy atom. The van der Waals surface area contributed by atoms with Gasteiger partial charge in [0.05, 0.1) is 17.5 Å². The first-order chi connectivity index (χ1) is 12.5. The minimum absolute atomic E-state index is 0.139. The third-order valence-electron chi connectivity index (χ3n) is 6.29. The Balaban J connectivity index is 1.33. The molecule has 1 heterocycles. The van der Waals surface area contributed by atoms with Gasteiger partial charge < -0.3 is 10.4 Å². The number of carbonyl (C=O) groups is 3. The molecule has 0 radical (unpaired) electrons. The third-order valence-corrected chi connectivity index (χ3v) is 6.52. The van der Waals surface area contributed by atoms with Crippen molar-refractivity contribution < 1.29 is 19.5 Å². The zero-order chi connectivity index (χ0) is 18.2. The summed E-state index contributed by atoms with van der Waals surface area (Å²) in [6, 6.07) is 4.32. The number of likely N-dealkylation sites (tertiary alicyclic amines) is 1. The molecule has 4 aliphatic carbocycles. The molecule has 1 saturated heterocycles. The number of halogens is 1. The van der Waals surface area contributed by atoms with Crippen LogP contribution in [0.25, 0.3) is 0 Å². The number of hydrogen-bond donors (Lipinski definition) is 2. The van der Waals surface area contributed by atoms with Crippen LogP contribution < -0.4 is 5.32 Å². The second kappa shape index (κ2) is 5.33. The molecule has 3 amide bonds. The first-order valence-corrected chi connectivity index (χ1v) is 9.15. The highest BCUT2D eigenvalue weighted by Gasteiger charge is 2.67. The van der Waals surface area contributed by atoms with E-state index in [1.807, 2.05) is 0 Å². The molecule has 0 aromatic heterocycles. The summed E-state index contributed by atoms with van der Waals surface area (Å²) in [7, 11) is 0. The summed E-state index contributed by atoms with van der Waals surface area (Å²) < 4.78 is 0. The molecule has 0 spiro atoms. The molecule has 134 valence electrons. The first-order valence-electron chi connectivity index (χ1n) is 8.77. The van der Waals surface area contributed by atoms with Gasteiger partial charge in [0.1, 0.15) is 12.3 Å². The van der Waals surface area contributed by atoms with Crippen molar-refractivity contribution in [2.24, 2.45) is 35.5 Å². The number of phenols is 1. The number of aromatic hydroxyl groups is 1. The predicted molar refractivity (Wildman–Crippen MR) is 93.2 cm³/mol. The Hall–Kier alpha value is -2.34. The van der Waals surface area contributed by atoms with Crippen molar-refractivity contribution >= 4 is 35.0 Å². The second-order valence-electron chi connectivity index (χ2n) is 7.63. The van der Waals surface area contributed by atoms with Gasteiger partial charge in [-0.3, -0.25) is 19.3 Å². The van der Waals surface area contributed by atoms with Crippen LogP contribution in [-0.2, 0) is 14.4 Å². The topological polar surface area (TPSA) is 86.7 Å². The highest BCUT2D eigenvalue weighted by molar-refractivity contribution is 6.30. The quantitative estimate of drug-likeness (QED) is 0.483. The van der Waals surface area contributed by atoms with Crippen molar-refractivity contribution in [2.75, 3.05) is 11.9 Å². The van der Waals surface area contributed by atoms with E-state index in [0.29, 0.717) is 16.9 Å². The smallest absolute Gasteiger partial charge is 0.244 e. The van der Waals surface area contributed by atoms with Crippen LogP contribution >= 0.6 is 11.6 Å². The molecule has 3 fully saturated rings. The first kappa shape index (κ1) is 15.9. The summed E-state index contributed by atoms with van der Waals surface area (Å²) in [5, 5.41) is 12.7. The van der Waals surface area contributed by atoms with Crippen LogP contribution in [0.1, 0.15) is 6.42 Å². The third kappa shape index (κ3) is 2.14. The highest BCUT2D eigenvalue weighted by atomic mass is 35.5. The lowest BCUT2D eigenvalue weighted by Gasteiger charge is -2.37. The van der Waals surface area contributed by atoms with Crippen molar-refractivity contribution in [1.82, 2.24) is 4.90 Å². The van der Waals surface area contributed by atoms with Crippen molar-refractivity contribution in [3.05, 3.63) is 35.4 Å². The molecule has 0 unspecified atom stereocenters. The van der Waals surface area contributed by atoms with E-state index in [-0.39, 0.29) is 53.5 Å². The number of allylic oxidation sites excluding steroid dienone is 2. The summed E-state index contributed by atoms with van der Waals surface area (Å²) in [5.41, 5.74) is 0.193. The van der Waals surface area contributed by atoms with Gasteiger partial charge in [0.25, 0.3) is 0 Å². The fraction of sp³-hybridized carbons (Fsp3) is 0.421. The molecule has 2 saturated carbocycles. The monoisotopic (exact) mass is 372 g/mol. The van der Waals surface area contributed by atoms with Crippen LogP contribution in [0.15, 0.2) is 30.4 Å². The maximum Gasteiger partial charge on any atom is 0.244 e. The Kier molecular flexibility index (Phi) is 3.26. The van der Waals surface area contributed by atoms with Crippen LogP contribution in [0.3, 0.4) is 0 Å². The zero-order valence-electron chi connectivity index (χ0n) is 13.8. The average Bonchev–Trinajstić information content (AvgIpc) is 3.39. The lowest BCUT2D eigenvalue weighted by molar-refractivity contribution is -0.142. The summed E-state index contributed by atoms with van der Waals surface area (Å²) in [6.07, 6.45) is 5.30. The molecule has 6 nitrogen and oxygen atoms in total. The van der Waals surface area contributed by atoms with E-state index in [9.17, 15) is 19.5 Å². The summed E-state index contributed by atoms with van der Waals surface area (Å²) in [4.78, 5) is 39.1. The van der Waals surface area contributed by atoms with E-state index in [2.05, 4.69) is 17.5 Å². The molecular formula is C19H17ClN2O4. The van der Waals surface area contributed by atoms with Crippen molar-refractivity contribution in [2.45, 2.75) is 6.42 Å². The van der Waals surface area contributed by atoms with Crippen molar-refractivity contribution in [1.29, 1.82) is 0 Å². The maximum absolute atomic E-state index is 12.8. The van der Waals surface area contributed by atoms with Gasteiger partial charge in [-0.15, -0.1) is 0 Å². The largest absolute Gasteiger partial charge is 0.506 e. The SMILES string of the molecule is O=C(CN1C(=O)[C@@H]2[C@H]3C=C[C@@H]([C@@H]4C[C@@H]34)[C@@H]2C1=O)Nc1ccc(Cl)cc1O. The number of amides is 3. The van der Waals surface area contributed by atoms with Crippen LogP contribution in [0.5, 0.6) is 5.75 Å². The number of imide groups is 1. The number of benzene rings is 1. The Labute approximate surface area is 154 Å². The Morgan fingerprint density at radius 1 is 1.15 bits per heavy atom. The molecule has 6 atom stereocenters. The fourth-order valence-electron chi connectivity index (χ4n) is 5.12. The van der Waals surface area contributed by atoms with Gasteiger partial charge in [0, 0.05) is 11.1 Å². The van der Waals surface area contributed by atoms with Crippen LogP contribution in [0.4, 0.5) is 5.69 Å². The Bertz CT molecular complexity index is 846. The summed E-state index contributed by atoms with van der Waals surface area (Å²) in [5.74, 6) is -0.434. The minimum Gasteiger partial charge on any atom is -0.506 e. The number of nitrogens with one attached hydrogen (secondary N) is 1.